The van der Waals surface area contributed by atoms with Crippen molar-refractivity contribution in [2.24, 2.45) is 5.92 Å². The zero-order chi connectivity index (χ0) is 13.3. The van der Waals surface area contributed by atoms with E-state index >= 15 is 0 Å². The first-order chi connectivity index (χ1) is 8.37. The van der Waals surface area contributed by atoms with Gasteiger partial charge in [-0.1, -0.05) is 0 Å². The third-order valence-corrected chi connectivity index (χ3v) is 3.85. The van der Waals surface area contributed by atoms with Crippen LogP contribution in [0.4, 0.5) is 0 Å². The third-order valence-electron chi connectivity index (χ3n) is 3.85. The van der Waals surface area contributed by atoms with E-state index in [4.69, 9.17) is 4.74 Å². The van der Waals surface area contributed by atoms with E-state index < -0.39 is 0 Å². The smallest absolute Gasteiger partial charge is 0.225 e. The standard InChI is InChI=1S/C14H26N2O2.ClH/c1-10-7-12(5-6-15-10)13(17)16-8-11(2)18-14(3,4)9-16;/h10-12,15H,5-9H2,1-4H3;1H/t10-,11?,12-;/m0./s1. The van der Waals surface area contributed by atoms with Crippen LogP contribution in [0.1, 0.15) is 40.5 Å². The highest BCUT2D eigenvalue weighted by Gasteiger charge is 2.36. The molecular weight excluding hydrogens is 264 g/mol. The van der Waals surface area contributed by atoms with E-state index in [1.54, 1.807) is 0 Å². The molecule has 1 unspecified atom stereocenters. The summed E-state index contributed by atoms with van der Waals surface area (Å²) in [5.41, 5.74) is -0.216. The number of carbonyl (C=O) groups is 1. The summed E-state index contributed by atoms with van der Waals surface area (Å²) in [6.45, 7) is 10.7. The molecule has 5 heteroatoms. The van der Waals surface area contributed by atoms with Crippen LogP contribution in [0.5, 0.6) is 0 Å². The van der Waals surface area contributed by atoms with E-state index in [1.165, 1.54) is 0 Å². The summed E-state index contributed by atoms with van der Waals surface area (Å²) in [4.78, 5) is 14.6. The Bertz CT molecular complexity index is 323. The molecule has 0 aromatic heterocycles. The Labute approximate surface area is 122 Å². The van der Waals surface area contributed by atoms with E-state index in [-0.39, 0.29) is 30.0 Å². The molecule has 112 valence electrons. The number of rotatable bonds is 1. The second-order valence-electron chi connectivity index (χ2n) is 6.48. The van der Waals surface area contributed by atoms with Gasteiger partial charge in [0.15, 0.2) is 0 Å². The fourth-order valence-electron chi connectivity index (χ4n) is 3.24. The fraction of sp³-hybridized carbons (Fsp3) is 0.929. The van der Waals surface area contributed by atoms with Gasteiger partial charge in [0.05, 0.1) is 11.7 Å². The highest BCUT2D eigenvalue weighted by molar-refractivity contribution is 5.85. The highest BCUT2D eigenvalue weighted by Crippen LogP contribution is 2.25. The molecule has 2 heterocycles. The maximum absolute atomic E-state index is 12.6. The molecule has 19 heavy (non-hydrogen) atoms. The van der Waals surface area contributed by atoms with Crippen LogP contribution in [-0.2, 0) is 9.53 Å². The Morgan fingerprint density at radius 1 is 1.37 bits per heavy atom. The SMILES string of the molecule is CC1CN(C(=O)[C@H]2CCN[C@@H](C)C2)CC(C)(C)O1.Cl. The molecule has 0 saturated carbocycles. The molecule has 1 N–H and O–H groups in total. The van der Waals surface area contributed by atoms with Gasteiger partial charge >= 0.3 is 0 Å². The van der Waals surface area contributed by atoms with E-state index in [1.807, 2.05) is 11.8 Å². The van der Waals surface area contributed by atoms with E-state index in [2.05, 4.69) is 26.1 Å². The second-order valence-corrected chi connectivity index (χ2v) is 6.48. The summed E-state index contributed by atoms with van der Waals surface area (Å²) in [5, 5.41) is 3.40. The van der Waals surface area contributed by atoms with Crippen LogP contribution in [0.3, 0.4) is 0 Å². The lowest BCUT2D eigenvalue weighted by Gasteiger charge is -2.43. The first kappa shape index (κ1) is 16.7. The van der Waals surface area contributed by atoms with Crippen LogP contribution in [0.25, 0.3) is 0 Å². The Balaban J connectivity index is 0.00000180. The number of ether oxygens (including phenoxy) is 1. The molecule has 4 nitrogen and oxygen atoms in total. The van der Waals surface area contributed by atoms with Gasteiger partial charge in [-0.3, -0.25) is 4.79 Å². The van der Waals surface area contributed by atoms with Crippen molar-refractivity contribution in [1.29, 1.82) is 0 Å². The number of hydrogen-bond donors (Lipinski definition) is 1. The summed E-state index contributed by atoms with van der Waals surface area (Å²) in [5.74, 6) is 0.522. The number of halogens is 1. The molecule has 2 aliphatic rings. The van der Waals surface area contributed by atoms with E-state index in [9.17, 15) is 4.79 Å². The second kappa shape index (κ2) is 6.42. The molecule has 0 aliphatic carbocycles. The zero-order valence-corrected chi connectivity index (χ0v) is 13.3. The lowest BCUT2D eigenvalue weighted by atomic mass is 9.91. The van der Waals surface area contributed by atoms with Crippen molar-refractivity contribution in [2.75, 3.05) is 19.6 Å². The molecular formula is C14H27ClN2O2. The zero-order valence-electron chi connectivity index (χ0n) is 12.4. The van der Waals surface area contributed by atoms with Gasteiger partial charge in [0, 0.05) is 25.0 Å². The van der Waals surface area contributed by atoms with Gasteiger partial charge < -0.3 is 15.0 Å². The Hall–Kier alpha value is -0.320. The summed E-state index contributed by atoms with van der Waals surface area (Å²) >= 11 is 0. The molecule has 0 aromatic rings. The predicted octanol–water partition coefficient (Wildman–Crippen LogP) is 1.82. The van der Waals surface area contributed by atoms with Gasteiger partial charge in [0.1, 0.15) is 0 Å². The highest BCUT2D eigenvalue weighted by atomic mass is 35.5. The predicted molar refractivity (Wildman–Crippen MR) is 78.6 cm³/mol. The normalized spacial score (nSPS) is 34.5. The largest absolute Gasteiger partial charge is 0.369 e. The fourth-order valence-corrected chi connectivity index (χ4v) is 3.24. The van der Waals surface area contributed by atoms with Crippen molar-refractivity contribution in [2.45, 2.75) is 58.3 Å². The number of carbonyl (C=O) groups excluding carboxylic acids is 1. The number of amides is 1. The molecule has 0 spiro atoms. The van der Waals surface area contributed by atoms with Gasteiger partial charge in [-0.15, -0.1) is 12.4 Å². The van der Waals surface area contributed by atoms with E-state index in [0.717, 1.165) is 25.9 Å². The first-order valence-electron chi connectivity index (χ1n) is 7.07. The summed E-state index contributed by atoms with van der Waals surface area (Å²) < 4.78 is 5.86. The van der Waals surface area contributed by atoms with Gasteiger partial charge in [-0.2, -0.15) is 0 Å². The summed E-state index contributed by atoms with van der Waals surface area (Å²) in [6, 6.07) is 0.458. The van der Waals surface area contributed by atoms with Crippen molar-refractivity contribution in [3.8, 4) is 0 Å². The minimum atomic E-state index is -0.216. The van der Waals surface area contributed by atoms with Crippen LogP contribution in [-0.4, -0.2) is 48.2 Å². The van der Waals surface area contributed by atoms with Gasteiger partial charge in [0.2, 0.25) is 5.91 Å². The van der Waals surface area contributed by atoms with Crippen LogP contribution in [0, 0.1) is 5.92 Å². The van der Waals surface area contributed by atoms with Crippen molar-refractivity contribution >= 4 is 18.3 Å². The maximum Gasteiger partial charge on any atom is 0.225 e. The minimum absolute atomic E-state index is 0. The molecule has 3 atom stereocenters. The van der Waals surface area contributed by atoms with E-state index in [0.29, 0.717) is 18.5 Å². The summed E-state index contributed by atoms with van der Waals surface area (Å²) in [6.07, 6.45) is 2.07. The Morgan fingerprint density at radius 2 is 2.05 bits per heavy atom. The average molecular weight is 291 g/mol. The van der Waals surface area contributed by atoms with Crippen molar-refractivity contribution < 1.29 is 9.53 Å². The number of piperidine rings is 1. The van der Waals surface area contributed by atoms with Crippen molar-refractivity contribution in [1.82, 2.24) is 10.2 Å². The van der Waals surface area contributed by atoms with Crippen LogP contribution in [0.2, 0.25) is 0 Å². The quantitative estimate of drug-likeness (QED) is 0.801. The average Bonchev–Trinajstić information content (AvgIpc) is 2.25. The van der Waals surface area contributed by atoms with Gasteiger partial charge in [0.25, 0.3) is 0 Å². The van der Waals surface area contributed by atoms with Crippen molar-refractivity contribution in [3.63, 3.8) is 0 Å². The molecule has 2 fully saturated rings. The van der Waals surface area contributed by atoms with Crippen LogP contribution in [0.15, 0.2) is 0 Å². The molecule has 2 aliphatic heterocycles. The number of nitrogens with one attached hydrogen (secondary N) is 1. The van der Waals surface area contributed by atoms with Crippen LogP contribution < -0.4 is 5.32 Å². The topological polar surface area (TPSA) is 41.6 Å². The van der Waals surface area contributed by atoms with Crippen LogP contribution >= 0.6 is 12.4 Å². The van der Waals surface area contributed by atoms with Gasteiger partial charge in [-0.25, -0.2) is 0 Å². The minimum Gasteiger partial charge on any atom is -0.369 e. The Morgan fingerprint density at radius 3 is 2.63 bits per heavy atom. The first-order valence-corrected chi connectivity index (χ1v) is 7.07. The molecule has 0 bridgehead atoms. The molecule has 0 aromatic carbocycles. The van der Waals surface area contributed by atoms with Gasteiger partial charge in [-0.05, 0) is 47.1 Å². The molecule has 2 saturated heterocycles. The Kier molecular flexibility index (Phi) is 5.65. The number of morpholine rings is 1. The maximum atomic E-state index is 12.6. The number of nitrogens with zero attached hydrogens (tertiary/aromatic N) is 1. The molecule has 0 radical (unpaired) electrons. The monoisotopic (exact) mass is 290 g/mol. The number of hydrogen-bond acceptors (Lipinski definition) is 3. The molecule has 1 amide bonds. The lowest BCUT2D eigenvalue weighted by molar-refractivity contribution is -0.162. The third kappa shape index (κ3) is 4.33. The lowest BCUT2D eigenvalue weighted by Crippen LogP contribution is -2.56. The van der Waals surface area contributed by atoms with Crippen molar-refractivity contribution in [3.05, 3.63) is 0 Å². The summed E-state index contributed by atoms with van der Waals surface area (Å²) in [7, 11) is 0. The molecule has 2 rings (SSSR count).